The van der Waals surface area contributed by atoms with E-state index in [0.29, 0.717) is 44.1 Å². The minimum absolute atomic E-state index is 0.0101. The van der Waals surface area contributed by atoms with Gasteiger partial charge in [-0.15, -0.1) is 0 Å². The molecule has 3 rings (SSSR count). The molecule has 1 saturated heterocycles. The average Bonchev–Trinajstić information content (AvgIpc) is 3.16. The van der Waals surface area contributed by atoms with Gasteiger partial charge < -0.3 is 19.0 Å². The highest BCUT2D eigenvalue weighted by Gasteiger charge is 2.26. The second kappa shape index (κ2) is 7.31. The highest BCUT2D eigenvalue weighted by atomic mass is 16.5. The van der Waals surface area contributed by atoms with Crippen LogP contribution >= 0.6 is 0 Å². The number of carbonyl (C=O) groups is 2. The van der Waals surface area contributed by atoms with Gasteiger partial charge in [0.15, 0.2) is 5.76 Å². The van der Waals surface area contributed by atoms with Crippen LogP contribution in [-0.4, -0.2) is 54.9 Å². The summed E-state index contributed by atoms with van der Waals surface area (Å²) in [5.41, 5.74) is 1.68. The maximum atomic E-state index is 12.5. The van der Waals surface area contributed by atoms with Crippen molar-refractivity contribution in [3.05, 3.63) is 59.5 Å². The first-order valence-corrected chi connectivity index (χ1v) is 7.89. The smallest absolute Gasteiger partial charge is 0.289 e. The molecular weight excluding hydrogens is 308 g/mol. The summed E-state index contributed by atoms with van der Waals surface area (Å²) in [5.74, 6) is 0.198. The molecule has 1 aliphatic rings. The van der Waals surface area contributed by atoms with Crippen LogP contribution in [0, 0.1) is 0 Å². The monoisotopic (exact) mass is 328 g/mol. The third-order valence-corrected chi connectivity index (χ3v) is 4.10. The summed E-state index contributed by atoms with van der Waals surface area (Å²) in [5, 5.41) is 0. The Morgan fingerprint density at radius 2 is 1.62 bits per heavy atom. The van der Waals surface area contributed by atoms with Crippen molar-refractivity contribution >= 4 is 11.8 Å². The van der Waals surface area contributed by atoms with Crippen LogP contribution in [-0.2, 0) is 11.3 Å². The number of nitrogens with zero attached hydrogens (tertiary/aromatic N) is 2. The lowest BCUT2D eigenvalue weighted by molar-refractivity contribution is 0.0518. The standard InChI is InChI=1S/C18H20N2O4/c1-23-13-14-4-6-15(7-5-14)17(21)19-8-10-20(11-9-19)18(22)16-3-2-12-24-16/h2-7,12H,8-11,13H2,1H3. The van der Waals surface area contributed by atoms with Gasteiger partial charge in [0.2, 0.25) is 0 Å². The fraction of sp³-hybridized carbons (Fsp3) is 0.333. The number of rotatable bonds is 4. The average molecular weight is 328 g/mol. The Morgan fingerprint density at radius 1 is 1.00 bits per heavy atom. The summed E-state index contributed by atoms with van der Waals surface area (Å²) in [7, 11) is 1.64. The molecule has 6 nitrogen and oxygen atoms in total. The van der Waals surface area contributed by atoms with E-state index in [-0.39, 0.29) is 11.8 Å². The van der Waals surface area contributed by atoms with Gasteiger partial charge in [-0.1, -0.05) is 12.1 Å². The summed E-state index contributed by atoms with van der Waals surface area (Å²) < 4.78 is 10.2. The Bertz CT molecular complexity index is 686. The molecule has 0 saturated carbocycles. The molecule has 126 valence electrons. The highest BCUT2D eigenvalue weighted by molar-refractivity contribution is 5.95. The Morgan fingerprint density at radius 3 is 2.17 bits per heavy atom. The number of amides is 2. The van der Waals surface area contributed by atoms with Crippen LogP contribution in [0.4, 0.5) is 0 Å². The lowest BCUT2D eigenvalue weighted by atomic mass is 10.1. The van der Waals surface area contributed by atoms with Gasteiger partial charge in [0.25, 0.3) is 11.8 Å². The Labute approximate surface area is 140 Å². The number of ether oxygens (including phenoxy) is 1. The summed E-state index contributed by atoms with van der Waals surface area (Å²) >= 11 is 0. The first kappa shape index (κ1) is 16.3. The van der Waals surface area contributed by atoms with Crippen LogP contribution in [0.25, 0.3) is 0 Å². The van der Waals surface area contributed by atoms with E-state index in [2.05, 4.69) is 0 Å². The molecule has 0 atom stereocenters. The Hall–Kier alpha value is -2.60. The van der Waals surface area contributed by atoms with E-state index in [9.17, 15) is 9.59 Å². The predicted molar refractivity (Wildman–Crippen MR) is 87.7 cm³/mol. The van der Waals surface area contributed by atoms with Crippen LogP contribution in [0.1, 0.15) is 26.5 Å². The molecule has 24 heavy (non-hydrogen) atoms. The molecule has 1 aromatic heterocycles. The Kier molecular flexibility index (Phi) is 4.96. The van der Waals surface area contributed by atoms with Crippen LogP contribution in [0.5, 0.6) is 0 Å². The van der Waals surface area contributed by atoms with E-state index in [4.69, 9.17) is 9.15 Å². The molecule has 1 aromatic carbocycles. The minimum atomic E-state index is -0.129. The lowest BCUT2D eigenvalue weighted by Crippen LogP contribution is -2.50. The Balaban J connectivity index is 1.57. The third-order valence-electron chi connectivity index (χ3n) is 4.10. The molecule has 0 radical (unpaired) electrons. The molecular formula is C18H20N2O4. The summed E-state index contributed by atoms with van der Waals surface area (Å²) in [6.45, 7) is 2.58. The molecule has 1 fully saturated rings. The number of piperazine rings is 1. The molecule has 2 amide bonds. The van der Waals surface area contributed by atoms with Crippen molar-refractivity contribution in [1.82, 2.24) is 9.80 Å². The van der Waals surface area contributed by atoms with Crippen LogP contribution in [0.3, 0.4) is 0 Å². The molecule has 0 N–H and O–H groups in total. The van der Waals surface area contributed by atoms with Crippen LogP contribution < -0.4 is 0 Å². The number of methoxy groups -OCH3 is 1. The molecule has 2 aromatic rings. The first-order valence-electron chi connectivity index (χ1n) is 7.89. The number of carbonyl (C=O) groups excluding carboxylic acids is 2. The van der Waals surface area contributed by atoms with Crippen LogP contribution in [0.2, 0.25) is 0 Å². The zero-order valence-electron chi connectivity index (χ0n) is 13.6. The topological polar surface area (TPSA) is 63.0 Å². The van der Waals surface area contributed by atoms with Crippen molar-refractivity contribution in [3.8, 4) is 0 Å². The van der Waals surface area contributed by atoms with Gasteiger partial charge in [-0.3, -0.25) is 9.59 Å². The van der Waals surface area contributed by atoms with Crippen LogP contribution in [0.15, 0.2) is 47.1 Å². The third kappa shape index (κ3) is 3.49. The summed E-state index contributed by atoms with van der Waals surface area (Å²) in [6, 6.07) is 10.8. The zero-order chi connectivity index (χ0) is 16.9. The summed E-state index contributed by atoms with van der Waals surface area (Å²) in [4.78, 5) is 28.3. The molecule has 0 spiro atoms. The largest absolute Gasteiger partial charge is 0.459 e. The van der Waals surface area contributed by atoms with E-state index in [0.717, 1.165) is 5.56 Å². The molecule has 0 aliphatic carbocycles. The van der Waals surface area contributed by atoms with E-state index in [1.54, 1.807) is 29.0 Å². The minimum Gasteiger partial charge on any atom is -0.459 e. The van der Waals surface area contributed by atoms with Gasteiger partial charge in [-0.05, 0) is 29.8 Å². The van der Waals surface area contributed by atoms with Crippen molar-refractivity contribution in [1.29, 1.82) is 0 Å². The molecule has 0 bridgehead atoms. The second-order valence-electron chi connectivity index (χ2n) is 5.69. The SMILES string of the molecule is COCc1ccc(C(=O)N2CCN(C(=O)c3ccco3)CC2)cc1. The quantitative estimate of drug-likeness (QED) is 0.861. The second-order valence-corrected chi connectivity index (χ2v) is 5.69. The maximum Gasteiger partial charge on any atom is 0.289 e. The number of hydrogen-bond donors (Lipinski definition) is 0. The van der Waals surface area contributed by atoms with Gasteiger partial charge in [-0.2, -0.15) is 0 Å². The fourth-order valence-corrected chi connectivity index (χ4v) is 2.76. The lowest BCUT2D eigenvalue weighted by Gasteiger charge is -2.34. The van der Waals surface area contributed by atoms with Crippen molar-refractivity contribution in [2.45, 2.75) is 6.61 Å². The first-order chi connectivity index (χ1) is 11.7. The van der Waals surface area contributed by atoms with E-state index in [1.165, 1.54) is 6.26 Å². The number of benzene rings is 1. The molecule has 6 heteroatoms. The zero-order valence-corrected chi connectivity index (χ0v) is 13.6. The molecule has 2 heterocycles. The van der Waals surface area contributed by atoms with Gasteiger partial charge in [0, 0.05) is 38.9 Å². The van der Waals surface area contributed by atoms with E-state index in [1.807, 2.05) is 24.3 Å². The van der Waals surface area contributed by atoms with E-state index < -0.39 is 0 Å². The molecule has 1 aliphatic heterocycles. The van der Waals surface area contributed by atoms with E-state index >= 15 is 0 Å². The maximum absolute atomic E-state index is 12.5. The van der Waals surface area contributed by atoms with Gasteiger partial charge >= 0.3 is 0 Å². The number of furan rings is 1. The molecule has 0 unspecified atom stereocenters. The van der Waals surface area contributed by atoms with Crippen molar-refractivity contribution in [2.75, 3.05) is 33.3 Å². The van der Waals surface area contributed by atoms with Gasteiger partial charge in [0.1, 0.15) is 0 Å². The van der Waals surface area contributed by atoms with Crippen molar-refractivity contribution in [2.24, 2.45) is 0 Å². The number of hydrogen-bond acceptors (Lipinski definition) is 4. The van der Waals surface area contributed by atoms with Crippen molar-refractivity contribution in [3.63, 3.8) is 0 Å². The summed E-state index contributed by atoms with van der Waals surface area (Å²) in [6.07, 6.45) is 1.49. The normalized spacial score (nSPS) is 14.7. The predicted octanol–water partition coefficient (Wildman–Crippen LogP) is 2.02. The fourth-order valence-electron chi connectivity index (χ4n) is 2.76. The van der Waals surface area contributed by atoms with Gasteiger partial charge in [0.05, 0.1) is 12.9 Å². The highest BCUT2D eigenvalue weighted by Crippen LogP contribution is 2.13. The van der Waals surface area contributed by atoms with Gasteiger partial charge in [-0.25, -0.2) is 0 Å². The van der Waals surface area contributed by atoms with Crippen molar-refractivity contribution < 1.29 is 18.7 Å².